The van der Waals surface area contributed by atoms with Crippen LogP contribution >= 0.6 is 0 Å². The Labute approximate surface area is 170 Å². The van der Waals surface area contributed by atoms with Gasteiger partial charge in [-0.1, -0.05) is 6.07 Å². The van der Waals surface area contributed by atoms with Crippen molar-refractivity contribution in [2.45, 2.75) is 13.8 Å². The number of benzene rings is 1. The van der Waals surface area contributed by atoms with Crippen LogP contribution in [0, 0.1) is 13.8 Å². The van der Waals surface area contributed by atoms with E-state index >= 15 is 0 Å². The third-order valence-electron chi connectivity index (χ3n) is 5.12. The number of anilines is 2. The zero-order valence-electron chi connectivity index (χ0n) is 16.9. The van der Waals surface area contributed by atoms with E-state index in [0.717, 1.165) is 54.8 Å². The normalized spacial score (nSPS) is 16.4. The number of hydrogen-bond donors (Lipinski definition) is 1. The summed E-state index contributed by atoms with van der Waals surface area (Å²) in [6.45, 7) is 7.80. The number of carbonyl (C=O) groups excluding carboxylic acids is 1. The molecule has 2 aliphatic rings. The Morgan fingerprint density at radius 1 is 1.07 bits per heavy atom. The molecule has 0 radical (unpaired) electrons. The number of likely N-dealkylation sites (N-methyl/N-ethyl adjacent to an activating group) is 1. The molecule has 8 nitrogen and oxygen atoms in total. The second-order valence-corrected chi connectivity index (χ2v) is 7.30. The molecular weight excluding hydrogens is 370 g/mol. The van der Waals surface area contributed by atoms with Crippen LogP contribution in [0.2, 0.25) is 0 Å². The fourth-order valence-corrected chi connectivity index (χ4v) is 3.38. The molecule has 3 heterocycles. The van der Waals surface area contributed by atoms with E-state index in [0.29, 0.717) is 11.4 Å². The second kappa shape index (κ2) is 8.08. The van der Waals surface area contributed by atoms with Crippen LogP contribution in [0.4, 0.5) is 11.6 Å². The molecular formula is C21H25N5O3. The van der Waals surface area contributed by atoms with E-state index < -0.39 is 0 Å². The Morgan fingerprint density at radius 2 is 1.76 bits per heavy atom. The summed E-state index contributed by atoms with van der Waals surface area (Å²) in [4.78, 5) is 26.1. The van der Waals surface area contributed by atoms with Crippen LogP contribution in [0.5, 0.6) is 11.5 Å². The molecule has 29 heavy (non-hydrogen) atoms. The summed E-state index contributed by atoms with van der Waals surface area (Å²) in [7, 11) is 2.12. The van der Waals surface area contributed by atoms with Crippen molar-refractivity contribution in [1.29, 1.82) is 0 Å². The molecule has 1 aromatic heterocycles. The quantitative estimate of drug-likeness (QED) is 0.795. The first kappa shape index (κ1) is 19.2. The minimum Gasteiger partial charge on any atom is -0.454 e. The zero-order valence-corrected chi connectivity index (χ0v) is 16.9. The summed E-state index contributed by atoms with van der Waals surface area (Å²) in [5, 5.41) is 2.90. The molecule has 0 bridgehead atoms. The maximum atomic E-state index is 12.4. The third kappa shape index (κ3) is 4.32. The van der Waals surface area contributed by atoms with E-state index in [1.165, 1.54) is 6.08 Å². The molecule has 1 aromatic carbocycles. The molecule has 0 aliphatic carbocycles. The predicted octanol–water partition coefficient (Wildman–Crippen LogP) is 2.23. The van der Waals surface area contributed by atoms with E-state index in [1.54, 1.807) is 6.08 Å². The number of ether oxygens (including phenoxy) is 2. The summed E-state index contributed by atoms with van der Waals surface area (Å²) in [6, 6.07) is 5.55. The van der Waals surface area contributed by atoms with Gasteiger partial charge in [0.25, 0.3) is 0 Å². The molecule has 0 atom stereocenters. The number of nitrogens with one attached hydrogen (secondary N) is 1. The second-order valence-electron chi connectivity index (χ2n) is 7.30. The number of rotatable bonds is 4. The summed E-state index contributed by atoms with van der Waals surface area (Å²) in [5.41, 5.74) is 3.04. The first-order valence-electron chi connectivity index (χ1n) is 9.67. The highest BCUT2D eigenvalue weighted by molar-refractivity contribution is 6.02. The van der Waals surface area contributed by atoms with Gasteiger partial charge >= 0.3 is 0 Å². The fourth-order valence-electron chi connectivity index (χ4n) is 3.38. The Balaban J connectivity index is 1.44. The van der Waals surface area contributed by atoms with E-state index in [9.17, 15) is 4.79 Å². The molecule has 1 N–H and O–H groups in total. The van der Waals surface area contributed by atoms with Gasteiger partial charge in [0.1, 0.15) is 0 Å². The Hall–Kier alpha value is -3.13. The molecule has 4 rings (SSSR count). The number of aromatic nitrogens is 2. The van der Waals surface area contributed by atoms with Gasteiger partial charge in [-0.3, -0.25) is 4.79 Å². The molecule has 1 fully saturated rings. The topological polar surface area (TPSA) is 79.8 Å². The third-order valence-corrected chi connectivity index (χ3v) is 5.12. The van der Waals surface area contributed by atoms with Crippen molar-refractivity contribution in [3.63, 3.8) is 0 Å². The zero-order chi connectivity index (χ0) is 20.4. The molecule has 2 aliphatic heterocycles. The molecule has 0 unspecified atom stereocenters. The number of amides is 1. The van der Waals surface area contributed by atoms with Crippen LogP contribution in [0.15, 0.2) is 24.3 Å². The van der Waals surface area contributed by atoms with Gasteiger partial charge in [0.05, 0.1) is 17.1 Å². The van der Waals surface area contributed by atoms with Crippen LogP contribution in [0.3, 0.4) is 0 Å². The molecule has 8 heteroatoms. The largest absolute Gasteiger partial charge is 0.454 e. The van der Waals surface area contributed by atoms with Crippen LogP contribution in [0.1, 0.15) is 17.0 Å². The smallest absolute Gasteiger partial charge is 0.248 e. The van der Waals surface area contributed by atoms with Gasteiger partial charge in [0, 0.05) is 32.3 Å². The lowest BCUT2D eigenvalue weighted by Crippen LogP contribution is -2.45. The minimum absolute atomic E-state index is 0.228. The van der Waals surface area contributed by atoms with Gasteiger partial charge in [-0.05, 0) is 44.7 Å². The first-order valence-corrected chi connectivity index (χ1v) is 9.67. The standard InChI is InChI=1S/C21H25N5O3/c1-14-20(15(2)23-21(22-14)26-10-8-25(3)9-11-26)24-19(27)7-5-16-4-6-17-18(12-16)29-13-28-17/h4-7,12H,8-11,13H2,1-3H3,(H,24,27)/b7-5+. The highest BCUT2D eigenvalue weighted by atomic mass is 16.7. The highest BCUT2D eigenvalue weighted by Crippen LogP contribution is 2.32. The van der Waals surface area contributed by atoms with Crippen molar-refractivity contribution in [3.8, 4) is 11.5 Å². The van der Waals surface area contributed by atoms with E-state index in [4.69, 9.17) is 9.47 Å². The number of nitrogens with zero attached hydrogens (tertiary/aromatic N) is 4. The summed E-state index contributed by atoms with van der Waals surface area (Å²) < 4.78 is 10.7. The van der Waals surface area contributed by atoms with E-state index in [1.807, 2.05) is 32.0 Å². The first-order chi connectivity index (χ1) is 14.0. The fraction of sp³-hybridized carbons (Fsp3) is 0.381. The van der Waals surface area contributed by atoms with Crippen molar-refractivity contribution in [1.82, 2.24) is 14.9 Å². The Kier molecular flexibility index (Phi) is 5.35. The van der Waals surface area contributed by atoms with Gasteiger partial charge in [-0.2, -0.15) is 0 Å². The Morgan fingerprint density at radius 3 is 2.48 bits per heavy atom. The molecule has 152 valence electrons. The monoisotopic (exact) mass is 395 g/mol. The number of piperazine rings is 1. The van der Waals surface area contributed by atoms with Crippen LogP contribution in [-0.4, -0.2) is 60.8 Å². The lowest BCUT2D eigenvalue weighted by Gasteiger charge is -2.32. The SMILES string of the molecule is Cc1nc(N2CCN(C)CC2)nc(C)c1NC(=O)/C=C/c1ccc2c(c1)OCO2. The Bertz CT molecular complexity index is 928. The molecule has 1 saturated heterocycles. The maximum absolute atomic E-state index is 12.4. The number of aryl methyl sites for hydroxylation is 2. The maximum Gasteiger partial charge on any atom is 0.248 e. The van der Waals surface area contributed by atoms with Crippen LogP contribution in [-0.2, 0) is 4.79 Å². The average Bonchev–Trinajstić information content (AvgIpc) is 3.17. The van der Waals surface area contributed by atoms with Gasteiger partial charge in [0.2, 0.25) is 18.6 Å². The highest BCUT2D eigenvalue weighted by Gasteiger charge is 2.19. The number of hydrogen-bond acceptors (Lipinski definition) is 7. The van der Waals surface area contributed by atoms with Crippen molar-refractivity contribution in [2.75, 3.05) is 50.2 Å². The van der Waals surface area contributed by atoms with Crippen molar-refractivity contribution < 1.29 is 14.3 Å². The van der Waals surface area contributed by atoms with Gasteiger partial charge in [-0.15, -0.1) is 0 Å². The van der Waals surface area contributed by atoms with E-state index in [2.05, 4.69) is 32.1 Å². The summed E-state index contributed by atoms with van der Waals surface area (Å²) in [6.07, 6.45) is 3.23. The molecule has 0 spiro atoms. The average molecular weight is 395 g/mol. The van der Waals surface area contributed by atoms with Crippen LogP contribution in [0.25, 0.3) is 6.08 Å². The van der Waals surface area contributed by atoms with Gasteiger partial charge < -0.3 is 24.6 Å². The minimum atomic E-state index is -0.232. The molecule has 2 aromatic rings. The molecule has 1 amide bonds. The van der Waals surface area contributed by atoms with E-state index in [-0.39, 0.29) is 12.7 Å². The van der Waals surface area contributed by atoms with Gasteiger partial charge in [-0.25, -0.2) is 9.97 Å². The van der Waals surface area contributed by atoms with Crippen molar-refractivity contribution >= 4 is 23.6 Å². The predicted molar refractivity (Wildman–Crippen MR) is 111 cm³/mol. The lowest BCUT2D eigenvalue weighted by atomic mass is 10.2. The number of carbonyl (C=O) groups is 1. The van der Waals surface area contributed by atoms with Gasteiger partial charge in [0.15, 0.2) is 11.5 Å². The van der Waals surface area contributed by atoms with Crippen molar-refractivity contribution in [2.24, 2.45) is 0 Å². The van der Waals surface area contributed by atoms with Crippen LogP contribution < -0.4 is 19.7 Å². The number of fused-ring (bicyclic) bond motifs is 1. The lowest BCUT2D eigenvalue weighted by molar-refractivity contribution is -0.111. The summed E-state index contributed by atoms with van der Waals surface area (Å²) in [5.74, 6) is 1.90. The van der Waals surface area contributed by atoms with Crippen molar-refractivity contribution in [3.05, 3.63) is 41.2 Å². The molecule has 0 saturated carbocycles. The summed E-state index contributed by atoms with van der Waals surface area (Å²) >= 11 is 0.